The number of methoxy groups -OCH3 is 1. The molecule has 114 valence electrons. The molecule has 0 radical (unpaired) electrons. The first-order chi connectivity index (χ1) is 10.6. The SMILES string of the molecule is COc1ccc(CN2CCc3cc(Br)cc([N+](=O)[O-])c32)cc1. The number of rotatable bonds is 4. The maximum absolute atomic E-state index is 11.3. The van der Waals surface area contributed by atoms with Gasteiger partial charge in [0.25, 0.3) is 5.69 Å². The molecule has 6 heteroatoms. The Labute approximate surface area is 136 Å². The largest absolute Gasteiger partial charge is 0.497 e. The summed E-state index contributed by atoms with van der Waals surface area (Å²) in [4.78, 5) is 13.1. The van der Waals surface area contributed by atoms with Crippen LogP contribution in [0.5, 0.6) is 5.75 Å². The van der Waals surface area contributed by atoms with Crippen LogP contribution < -0.4 is 9.64 Å². The Morgan fingerprint density at radius 3 is 2.68 bits per heavy atom. The molecule has 0 aromatic heterocycles. The van der Waals surface area contributed by atoms with Gasteiger partial charge in [-0.25, -0.2) is 0 Å². The lowest BCUT2D eigenvalue weighted by atomic mass is 10.1. The van der Waals surface area contributed by atoms with Gasteiger partial charge >= 0.3 is 0 Å². The van der Waals surface area contributed by atoms with Crippen molar-refractivity contribution < 1.29 is 9.66 Å². The van der Waals surface area contributed by atoms with E-state index in [2.05, 4.69) is 20.8 Å². The van der Waals surface area contributed by atoms with Crippen LogP contribution in [0.2, 0.25) is 0 Å². The average Bonchev–Trinajstić information content (AvgIpc) is 2.89. The second-order valence-corrected chi connectivity index (χ2v) is 6.13. The summed E-state index contributed by atoms with van der Waals surface area (Å²) < 4.78 is 5.90. The molecule has 0 amide bonds. The Morgan fingerprint density at radius 1 is 1.32 bits per heavy atom. The van der Waals surface area contributed by atoms with Crippen molar-refractivity contribution >= 4 is 27.3 Å². The van der Waals surface area contributed by atoms with Gasteiger partial charge in [-0.05, 0) is 35.7 Å². The number of nitro groups is 1. The van der Waals surface area contributed by atoms with Crippen LogP contribution in [0.15, 0.2) is 40.9 Å². The molecule has 1 aliphatic rings. The molecule has 0 aliphatic carbocycles. The van der Waals surface area contributed by atoms with Crippen molar-refractivity contribution in [1.29, 1.82) is 0 Å². The van der Waals surface area contributed by atoms with Gasteiger partial charge in [0.1, 0.15) is 11.4 Å². The molecule has 1 heterocycles. The third kappa shape index (κ3) is 2.78. The minimum atomic E-state index is -0.310. The van der Waals surface area contributed by atoms with E-state index < -0.39 is 0 Å². The summed E-state index contributed by atoms with van der Waals surface area (Å²) in [7, 11) is 1.63. The Morgan fingerprint density at radius 2 is 2.05 bits per heavy atom. The molecular weight excluding hydrogens is 348 g/mol. The maximum atomic E-state index is 11.3. The molecule has 0 bridgehead atoms. The summed E-state index contributed by atoms with van der Waals surface area (Å²) in [5, 5.41) is 11.3. The van der Waals surface area contributed by atoms with Crippen LogP contribution in [0.4, 0.5) is 11.4 Å². The highest BCUT2D eigenvalue weighted by Gasteiger charge is 2.29. The third-order valence-corrected chi connectivity index (χ3v) is 4.29. The van der Waals surface area contributed by atoms with Crippen LogP contribution in [0.1, 0.15) is 11.1 Å². The molecule has 3 rings (SSSR count). The molecule has 0 atom stereocenters. The van der Waals surface area contributed by atoms with E-state index in [0.717, 1.165) is 40.0 Å². The molecule has 0 unspecified atom stereocenters. The molecule has 2 aromatic carbocycles. The van der Waals surface area contributed by atoms with Gasteiger partial charge in [0.05, 0.1) is 12.0 Å². The summed E-state index contributed by atoms with van der Waals surface area (Å²) in [5.74, 6) is 0.806. The highest BCUT2D eigenvalue weighted by molar-refractivity contribution is 9.10. The predicted octanol–water partition coefficient (Wildman–Crippen LogP) is 3.93. The molecule has 0 saturated heterocycles. The Bertz CT molecular complexity index is 716. The van der Waals surface area contributed by atoms with Gasteiger partial charge < -0.3 is 9.64 Å². The lowest BCUT2D eigenvalue weighted by Crippen LogP contribution is -2.20. The summed E-state index contributed by atoms with van der Waals surface area (Å²) >= 11 is 3.35. The van der Waals surface area contributed by atoms with Gasteiger partial charge in [0, 0.05) is 23.6 Å². The van der Waals surface area contributed by atoms with Gasteiger partial charge in [-0.3, -0.25) is 10.1 Å². The summed E-state index contributed by atoms with van der Waals surface area (Å²) in [5.41, 5.74) is 3.03. The zero-order valence-electron chi connectivity index (χ0n) is 12.1. The second kappa shape index (κ2) is 5.96. The number of ether oxygens (including phenoxy) is 1. The molecular formula is C16H15BrN2O3. The minimum Gasteiger partial charge on any atom is -0.497 e. The maximum Gasteiger partial charge on any atom is 0.293 e. The van der Waals surface area contributed by atoms with E-state index >= 15 is 0 Å². The zero-order chi connectivity index (χ0) is 15.7. The molecule has 1 aliphatic heterocycles. The van der Waals surface area contributed by atoms with Crippen molar-refractivity contribution in [3.8, 4) is 5.75 Å². The van der Waals surface area contributed by atoms with E-state index in [-0.39, 0.29) is 10.6 Å². The topological polar surface area (TPSA) is 55.6 Å². The molecule has 0 N–H and O–H groups in total. The van der Waals surface area contributed by atoms with E-state index in [4.69, 9.17) is 4.74 Å². The smallest absolute Gasteiger partial charge is 0.293 e. The van der Waals surface area contributed by atoms with Crippen LogP contribution in [0.3, 0.4) is 0 Å². The van der Waals surface area contributed by atoms with E-state index in [1.54, 1.807) is 13.2 Å². The van der Waals surface area contributed by atoms with E-state index in [1.165, 1.54) is 0 Å². The summed E-state index contributed by atoms with van der Waals surface area (Å²) in [6.07, 6.45) is 0.825. The zero-order valence-corrected chi connectivity index (χ0v) is 13.7. The lowest BCUT2D eigenvalue weighted by Gasteiger charge is -2.19. The number of nitro benzene ring substituents is 1. The van der Waals surface area contributed by atoms with Gasteiger partial charge in [0.2, 0.25) is 0 Å². The Hall–Kier alpha value is -2.08. The highest BCUT2D eigenvalue weighted by atomic mass is 79.9. The van der Waals surface area contributed by atoms with Crippen LogP contribution in [0, 0.1) is 10.1 Å². The molecule has 0 spiro atoms. The standard InChI is InChI=1S/C16H15BrN2O3/c1-22-14-4-2-11(3-5-14)10-18-7-6-12-8-13(17)9-15(16(12)18)19(20)21/h2-5,8-9H,6-7,10H2,1H3. The van der Waals surface area contributed by atoms with E-state index in [1.807, 2.05) is 30.3 Å². The normalized spacial score (nSPS) is 13.1. The first-order valence-electron chi connectivity index (χ1n) is 6.93. The highest BCUT2D eigenvalue weighted by Crippen LogP contribution is 2.40. The Balaban J connectivity index is 1.91. The van der Waals surface area contributed by atoms with E-state index in [9.17, 15) is 10.1 Å². The van der Waals surface area contributed by atoms with Crippen LogP contribution in [-0.2, 0) is 13.0 Å². The minimum absolute atomic E-state index is 0.162. The Kier molecular flexibility index (Phi) is 4.02. The van der Waals surface area contributed by atoms with Crippen molar-refractivity contribution in [2.24, 2.45) is 0 Å². The fourth-order valence-corrected chi connectivity index (χ4v) is 3.30. The van der Waals surface area contributed by atoms with Gasteiger partial charge in [-0.15, -0.1) is 0 Å². The average molecular weight is 363 g/mol. The number of nitrogens with zero attached hydrogens (tertiary/aromatic N) is 2. The number of halogens is 1. The first-order valence-corrected chi connectivity index (χ1v) is 7.72. The number of anilines is 1. The van der Waals surface area contributed by atoms with Crippen molar-refractivity contribution in [3.05, 3.63) is 62.1 Å². The van der Waals surface area contributed by atoms with Crippen molar-refractivity contribution in [3.63, 3.8) is 0 Å². The number of hydrogen-bond acceptors (Lipinski definition) is 4. The first kappa shape index (κ1) is 14.8. The summed E-state index contributed by atoms with van der Waals surface area (Å²) in [6, 6.07) is 11.3. The van der Waals surface area contributed by atoms with Crippen LogP contribution >= 0.6 is 15.9 Å². The van der Waals surface area contributed by atoms with Crippen molar-refractivity contribution in [2.75, 3.05) is 18.6 Å². The fraction of sp³-hybridized carbons (Fsp3) is 0.250. The fourth-order valence-electron chi connectivity index (χ4n) is 2.81. The van der Waals surface area contributed by atoms with Crippen molar-refractivity contribution in [2.45, 2.75) is 13.0 Å². The molecule has 5 nitrogen and oxygen atoms in total. The second-order valence-electron chi connectivity index (χ2n) is 5.21. The quantitative estimate of drug-likeness (QED) is 0.610. The molecule has 0 fully saturated rings. The number of fused-ring (bicyclic) bond motifs is 1. The third-order valence-electron chi connectivity index (χ3n) is 3.83. The molecule has 0 saturated carbocycles. The summed E-state index contributed by atoms with van der Waals surface area (Å²) in [6.45, 7) is 1.44. The van der Waals surface area contributed by atoms with Crippen molar-refractivity contribution in [1.82, 2.24) is 0 Å². The molecule has 2 aromatic rings. The number of benzene rings is 2. The van der Waals surface area contributed by atoms with Crippen LogP contribution in [-0.4, -0.2) is 18.6 Å². The number of hydrogen-bond donors (Lipinski definition) is 0. The monoisotopic (exact) mass is 362 g/mol. The van der Waals surface area contributed by atoms with Crippen LogP contribution in [0.25, 0.3) is 0 Å². The predicted molar refractivity (Wildman–Crippen MR) is 88.5 cm³/mol. The lowest BCUT2D eigenvalue weighted by molar-refractivity contribution is -0.384. The van der Waals surface area contributed by atoms with E-state index in [0.29, 0.717) is 6.54 Å². The molecule has 22 heavy (non-hydrogen) atoms. The van der Waals surface area contributed by atoms with Gasteiger partial charge in [-0.1, -0.05) is 28.1 Å². The van der Waals surface area contributed by atoms with Gasteiger partial charge in [-0.2, -0.15) is 0 Å². The van der Waals surface area contributed by atoms with Gasteiger partial charge in [0.15, 0.2) is 0 Å².